The standard InChI is InChI=1S/C17H26N4O4/c1-12-8-15(19-10-14(12)21(23)24)18-9-13-6-5-7-20(11-13)16(22)25-17(2,3)4/h8,10,13H,5-7,9,11H2,1-4H3,(H,18,19). The molecule has 1 N–H and O–H groups in total. The molecule has 1 atom stereocenters. The monoisotopic (exact) mass is 350 g/mol. The van der Waals surface area contributed by atoms with Gasteiger partial charge in [0.05, 0.1) is 4.92 Å². The summed E-state index contributed by atoms with van der Waals surface area (Å²) >= 11 is 0. The van der Waals surface area contributed by atoms with E-state index in [1.807, 2.05) is 20.8 Å². The van der Waals surface area contributed by atoms with Gasteiger partial charge in [0.25, 0.3) is 5.69 Å². The third-order valence-electron chi connectivity index (χ3n) is 4.02. The minimum atomic E-state index is -0.498. The number of anilines is 1. The fourth-order valence-electron chi connectivity index (χ4n) is 2.81. The largest absolute Gasteiger partial charge is 0.444 e. The number of amides is 1. The zero-order valence-electron chi connectivity index (χ0n) is 15.2. The fourth-order valence-corrected chi connectivity index (χ4v) is 2.81. The van der Waals surface area contributed by atoms with E-state index in [1.54, 1.807) is 17.9 Å². The van der Waals surface area contributed by atoms with Crippen molar-refractivity contribution >= 4 is 17.6 Å². The van der Waals surface area contributed by atoms with Crippen LogP contribution in [0.15, 0.2) is 12.3 Å². The molecule has 0 radical (unpaired) electrons. The highest BCUT2D eigenvalue weighted by Gasteiger charge is 2.27. The normalized spacial score (nSPS) is 17.9. The maximum Gasteiger partial charge on any atom is 0.410 e. The Morgan fingerprint density at radius 3 is 2.84 bits per heavy atom. The second-order valence-corrected chi connectivity index (χ2v) is 7.43. The number of aryl methyl sites for hydroxylation is 1. The van der Waals surface area contributed by atoms with Crippen LogP contribution in [0.25, 0.3) is 0 Å². The van der Waals surface area contributed by atoms with E-state index in [1.165, 1.54) is 6.20 Å². The van der Waals surface area contributed by atoms with Crippen LogP contribution < -0.4 is 5.32 Å². The van der Waals surface area contributed by atoms with Crippen LogP contribution in [0.5, 0.6) is 0 Å². The van der Waals surface area contributed by atoms with E-state index in [0.717, 1.165) is 12.8 Å². The van der Waals surface area contributed by atoms with E-state index in [0.29, 0.717) is 36.9 Å². The van der Waals surface area contributed by atoms with Crippen LogP contribution in [-0.4, -0.2) is 46.1 Å². The lowest BCUT2D eigenvalue weighted by Gasteiger charge is -2.34. The Morgan fingerprint density at radius 2 is 2.24 bits per heavy atom. The van der Waals surface area contributed by atoms with Gasteiger partial charge < -0.3 is 15.0 Å². The molecule has 138 valence electrons. The van der Waals surface area contributed by atoms with Gasteiger partial charge in [-0.25, -0.2) is 9.78 Å². The summed E-state index contributed by atoms with van der Waals surface area (Å²) in [4.78, 5) is 28.4. The molecule has 2 heterocycles. The zero-order chi connectivity index (χ0) is 18.6. The smallest absolute Gasteiger partial charge is 0.410 e. The number of nitro groups is 1. The van der Waals surface area contributed by atoms with Gasteiger partial charge in [-0.3, -0.25) is 10.1 Å². The Kier molecular flexibility index (Phi) is 5.81. The molecule has 1 aromatic heterocycles. The Balaban J connectivity index is 1.89. The molecule has 0 bridgehead atoms. The highest BCUT2D eigenvalue weighted by molar-refractivity contribution is 5.68. The van der Waals surface area contributed by atoms with E-state index >= 15 is 0 Å². The number of aromatic nitrogens is 1. The van der Waals surface area contributed by atoms with Crippen molar-refractivity contribution in [1.29, 1.82) is 0 Å². The summed E-state index contributed by atoms with van der Waals surface area (Å²) in [6, 6.07) is 1.67. The van der Waals surface area contributed by atoms with E-state index in [-0.39, 0.29) is 11.8 Å². The van der Waals surface area contributed by atoms with Crippen molar-refractivity contribution in [2.75, 3.05) is 25.0 Å². The number of hydrogen-bond acceptors (Lipinski definition) is 6. The van der Waals surface area contributed by atoms with Crippen LogP contribution >= 0.6 is 0 Å². The highest BCUT2D eigenvalue weighted by Crippen LogP contribution is 2.22. The second-order valence-electron chi connectivity index (χ2n) is 7.43. The predicted molar refractivity (Wildman–Crippen MR) is 94.6 cm³/mol. The van der Waals surface area contributed by atoms with Gasteiger partial charge in [-0.05, 0) is 52.5 Å². The van der Waals surface area contributed by atoms with Crippen LogP contribution in [0.2, 0.25) is 0 Å². The quantitative estimate of drug-likeness (QED) is 0.660. The van der Waals surface area contributed by atoms with E-state index < -0.39 is 10.5 Å². The summed E-state index contributed by atoms with van der Waals surface area (Å²) < 4.78 is 5.43. The summed E-state index contributed by atoms with van der Waals surface area (Å²) in [5.41, 5.74) is 0.0866. The number of pyridine rings is 1. The summed E-state index contributed by atoms with van der Waals surface area (Å²) in [7, 11) is 0. The van der Waals surface area contributed by atoms with Crippen LogP contribution in [0, 0.1) is 23.0 Å². The molecule has 1 aliphatic heterocycles. The Morgan fingerprint density at radius 1 is 1.52 bits per heavy atom. The van der Waals surface area contributed by atoms with E-state index in [4.69, 9.17) is 4.74 Å². The molecule has 1 aliphatic rings. The molecule has 1 fully saturated rings. The third kappa shape index (κ3) is 5.58. The Labute approximate surface area is 147 Å². The van der Waals surface area contributed by atoms with Gasteiger partial charge in [-0.1, -0.05) is 0 Å². The second kappa shape index (κ2) is 7.67. The van der Waals surface area contributed by atoms with Gasteiger partial charge in [0, 0.05) is 25.2 Å². The lowest BCUT2D eigenvalue weighted by molar-refractivity contribution is -0.385. The van der Waals surface area contributed by atoms with Gasteiger partial charge in [-0.2, -0.15) is 0 Å². The Bertz CT molecular complexity index is 642. The first kappa shape index (κ1) is 19.0. The van der Waals surface area contributed by atoms with Crippen molar-refractivity contribution in [3.8, 4) is 0 Å². The minimum Gasteiger partial charge on any atom is -0.444 e. The van der Waals surface area contributed by atoms with Crippen molar-refractivity contribution < 1.29 is 14.5 Å². The molecule has 0 spiro atoms. The molecule has 25 heavy (non-hydrogen) atoms. The number of ether oxygens (including phenoxy) is 1. The molecule has 2 rings (SSSR count). The van der Waals surface area contributed by atoms with Crippen LogP contribution in [0.4, 0.5) is 16.3 Å². The van der Waals surface area contributed by atoms with E-state index in [2.05, 4.69) is 10.3 Å². The molecule has 1 unspecified atom stereocenters. The number of carbonyl (C=O) groups excluding carboxylic acids is 1. The maximum absolute atomic E-state index is 12.2. The van der Waals surface area contributed by atoms with Gasteiger partial charge in [0.2, 0.25) is 0 Å². The van der Waals surface area contributed by atoms with Crippen LogP contribution in [0.3, 0.4) is 0 Å². The average Bonchev–Trinajstić information content (AvgIpc) is 2.51. The lowest BCUT2D eigenvalue weighted by Crippen LogP contribution is -2.44. The van der Waals surface area contributed by atoms with Gasteiger partial charge in [0.1, 0.15) is 17.6 Å². The zero-order valence-corrected chi connectivity index (χ0v) is 15.2. The molecule has 1 amide bonds. The number of hydrogen-bond donors (Lipinski definition) is 1. The van der Waals surface area contributed by atoms with Crippen LogP contribution in [0.1, 0.15) is 39.2 Å². The molecule has 0 aliphatic carbocycles. The number of nitrogens with zero attached hydrogens (tertiary/aromatic N) is 3. The first-order valence-corrected chi connectivity index (χ1v) is 8.48. The average molecular weight is 350 g/mol. The maximum atomic E-state index is 12.2. The molecule has 0 aromatic carbocycles. The topological polar surface area (TPSA) is 97.6 Å². The molecule has 1 saturated heterocycles. The number of likely N-dealkylation sites (tertiary alicyclic amines) is 1. The molecular formula is C17H26N4O4. The fraction of sp³-hybridized carbons (Fsp3) is 0.647. The summed E-state index contributed by atoms with van der Waals surface area (Å²) in [5.74, 6) is 0.899. The highest BCUT2D eigenvalue weighted by atomic mass is 16.6. The minimum absolute atomic E-state index is 0.0133. The van der Waals surface area contributed by atoms with Gasteiger partial charge >= 0.3 is 6.09 Å². The summed E-state index contributed by atoms with van der Waals surface area (Å²) in [6.07, 6.45) is 2.93. The summed E-state index contributed by atoms with van der Waals surface area (Å²) in [6.45, 7) is 9.26. The van der Waals surface area contributed by atoms with Gasteiger partial charge in [0.15, 0.2) is 0 Å². The van der Waals surface area contributed by atoms with Crippen molar-refractivity contribution in [1.82, 2.24) is 9.88 Å². The van der Waals surface area contributed by atoms with Crippen molar-refractivity contribution in [3.63, 3.8) is 0 Å². The molecular weight excluding hydrogens is 324 g/mol. The SMILES string of the molecule is Cc1cc(NCC2CCCN(C(=O)OC(C)(C)C)C2)ncc1[N+](=O)[O-]. The molecule has 0 saturated carbocycles. The molecule has 8 nitrogen and oxygen atoms in total. The molecule has 1 aromatic rings. The van der Waals surface area contributed by atoms with E-state index in [9.17, 15) is 14.9 Å². The van der Waals surface area contributed by atoms with Crippen molar-refractivity contribution in [3.05, 3.63) is 27.9 Å². The summed E-state index contributed by atoms with van der Waals surface area (Å²) in [5, 5.41) is 14.0. The van der Waals surface area contributed by atoms with Crippen LogP contribution in [-0.2, 0) is 4.74 Å². The van der Waals surface area contributed by atoms with Crippen molar-refractivity contribution in [2.45, 2.75) is 46.1 Å². The lowest BCUT2D eigenvalue weighted by atomic mass is 9.98. The number of piperidine rings is 1. The Hall–Kier alpha value is -2.38. The molecule has 8 heteroatoms. The number of rotatable bonds is 4. The predicted octanol–water partition coefficient (Wildman–Crippen LogP) is 3.36. The van der Waals surface area contributed by atoms with Crippen molar-refractivity contribution in [2.24, 2.45) is 5.92 Å². The third-order valence-corrected chi connectivity index (χ3v) is 4.02. The number of nitrogens with one attached hydrogen (secondary N) is 1. The van der Waals surface area contributed by atoms with Gasteiger partial charge in [-0.15, -0.1) is 0 Å². The number of carbonyl (C=O) groups is 1. The first-order valence-electron chi connectivity index (χ1n) is 8.48. The first-order chi connectivity index (χ1) is 11.7.